The highest BCUT2D eigenvalue weighted by atomic mass is 32.2. The van der Waals surface area contributed by atoms with E-state index in [1.165, 1.54) is 11.8 Å². The summed E-state index contributed by atoms with van der Waals surface area (Å²) in [7, 11) is 0. The molecule has 2 atom stereocenters. The van der Waals surface area contributed by atoms with Gasteiger partial charge in [-0.1, -0.05) is 48.5 Å². The zero-order valence-electron chi connectivity index (χ0n) is 13.2. The number of thioether (sulfide) groups is 1. The molecule has 0 heterocycles. The first kappa shape index (κ1) is 17.7. The lowest BCUT2D eigenvalue weighted by molar-refractivity contribution is -0.117. The molecule has 2 aromatic rings. The van der Waals surface area contributed by atoms with Gasteiger partial charge in [-0.25, -0.2) is 0 Å². The molecule has 0 bridgehead atoms. The number of aliphatic hydroxyl groups is 1. The predicted octanol–water partition coefficient (Wildman–Crippen LogP) is 3.70. The van der Waals surface area contributed by atoms with Crippen LogP contribution in [0.4, 0.5) is 0 Å². The van der Waals surface area contributed by atoms with Gasteiger partial charge in [0.15, 0.2) is 0 Å². The van der Waals surface area contributed by atoms with Crippen LogP contribution < -0.4 is 0 Å². The number of aliphatic hydroxyl groups excluding tert-OH is 1. The Morgan fingerprint density at radius 1 is 1.09 bits per heavy atom. The molecule has 3 nitrogen and oxygen atoms in total. The van der Waals surface area contributed by atoms with Crippen molar-refractivity contribution in [3.63, 3.8) is 0 Å². The molecule has 0 amide bonds. The number of Topliss-reactive ketones (excluding diaryl/α,β-unsaturated/α-hetero) is 1. The number of hydrogen-bond donors (Lipinski definition) is 1. The van der Waals surface area contributed by atoms with Gasteiger partial charge in [-0.3, -0.25) is 4.79 Å². The molecule has 23 heavy (non-hydrogen) atoms. The molecule has 0 spiro atoms. The molecular weight excluding hydrogens is 308 g/mol. The molecule has 0 radical (unpaired) electrons. The van der Waals surface area contributed by atoms with Crippen LogP contribution in [0.2, 0.25) is 0 Å². The van der Waals surface area contributed by atoms with E-state index in [1.54, 1.807) is 6.92 Å². The summed E-state index contributed by atoms with van der Waals surface area (Å²) < 4.78 is 5.54. The van der Waals surface area contributed by atoms with Crippen LogP contribution in [0.1, 0.15) is 18.9 Å². The van der Waals surface area contributed by atoms with Crippen molar-refractivity contribution in [1.82, 2.24) is 0 Å². The van der Waals surface area contributed by atoms with Crippen molar-refractivity contribution in [2.45, 2.75) is 36.2 Å². The molecule has 2 aromatic carbocycles. The lowest BCUT2D eigenvalue weighted by atomic mass is 10.1. The Balaban J connectivity index is 1.79. The van der Waals surface area contributed by atoms with Crippen molar-refractivity contribution in [2.24, 2.45) is 0 Å². The molecular formula is C19H22O3S. The third kappa shape index (κ3) is 6.57. The summed E-state index contributed by atoms with van der Waals surface area (Å²) in [5, 5.41) is 9.88. The summed E-state index contributed by atoms with van der Waals surface area (Å²) in [5.74, 6) is 0.0703. The van der Waals surface area contributed by atoms with Crippen LogP contribution in [0.15, 0.2) is 65.6 Å². The number of carbonyl (C=O) groups is 1. The Hall–Kier alpha value is -1.62. The lowest BCUT2D eigenvalue weighted by Crippen LogP contribution is -2.25. The maximum absolute atomic E-state index is 11.8. The molecule has 0 aliphatic carbocycles. The molecule has 0 aliphatic heterocycles. The average molecular weight is 330 g/mol. The predicted molar refractivity (Wildman–Crippen MR) is 93.5 cm³/mol. The standard InChI is InChI=1S/C19H22O3S/c1-15(20)19(23-18-10-6-3-7-11-18)12-17(21)14-22-13-16-8-4-2-5-9-16/h2-11,17,19,21H,12-14H2,1H3. The molecule has 0 saturated heterocycles. The van der Waals surface area contributed by atoms with E-state index in [4.69, 9.17) is 4.74 Å². The zero-order chi connectivity index (χ0) is 16.5. The molecule has 2 rings (SSSR count). The fourth-order valence-corrected chi connectivity index (χ4v) is 3.29. The fourth-order valence-electron chi connectivity index (χ4n) is 2.16. The number of ether oxygens (including phenoxy) is 1. The SMILES string of the molecule is CC(=O)C(CC(O)COCc1ccccc1)Sc1ccccc1. The van der Waals surface area contributed by atoms with E-state index in [9.17, 15) is 9.90 Å². The van der Waals surface area contributed by atoms with E-state index >= 15 is 0 Å². The van der Waals surface area contributed by atoms with Crippen molar-refractivity contribution in [3.8, 4) is 0 Å². The number of rotatable bonds is 9. The maximum atomic E-state index is 11.8. The van der Waals surface area contributed by atoms with E-state index < -0.39 is 6.10 Å². The summed E-state index contributed by atoms with van der Waals surface area (Å²) in [6.45, 7) is 2.26. The number of carbonyl (C=O) groups excluding carboxylic acids is 1. The van der Waals surface area contributed by atoms with E-state index in [2.05, 4.69) is 0 Å². The first-order valence-corrected chi connectivity index (χ1v) is 8.55. The molecule has 1 N–H and O–H groups in total. The Morgan fingerprint density at radius 3 is 2.30 bits per heavy atom. The zero-order valence-corrected chi connectivity index (χ0v) is 14.0. The van der Waals surface area contributed by atoms with Crippen molar-refractivity contribution in [2.75, 3.05) is 6.61 Å². The largest absolute Gasteiger partial charge is 0.391 e. The fraction of sp³-hybridized carbons (Fsp3) is 0.316. The molecule has 4 heteroatoms. The Kier molecular flexibility index (Phi) is 7.33. The number of benzene rings is 2. The second kappa shape index (κ2) is 9.50. The Bertz CT molecular complexity index is 586. The Morgan fingerprint density at radius 2 is 1.70 bits per heavy atom. The van der Waals surface area contributed by atoms with Crippen molar-refractivity contribution < 1.29 is 14.6 Å². The highest BCUT2D eigenvalue weighted by Gasteiger charge is 2.20. The number of hydrogen-bond acceptors (Lipinski definition) is 4. The molecule has 2 unspecified atom stereocenters. The van der Waals surface area contributed by atoms with Gasteiger partial charge in [-0.05, 0) is 31.0 Å². The van der Waals surface area contributed by atoms with E-state index in [1.807, 2.05) is 60.7 Å². The van der Waals surface area contributed by atoms with E-state index in [0.717, 1.165) is 10.5 Å². The second-order valence-electron chi connectivity index (χ2n) is 5.42. The second-order valence-corrected chi connectivity index (χ2v) is 6.70. The van der Waals surface area contributed by atoms with E-state index in [-0.39, 0.29) is 17.6 Å². The molecule has 0 fully saturated rings. The molecule has 0 saturated carbocycles. The Labute approximate surface area is 141 Å². The maximum Gasteiger partial charge on any atom is 0.143 e. The third-order valence-corrected chi connectivity index (χ3v) is 4.74. The molecule has 0 aromatic heterocycles. The summed E-state index contributed by atoms with van der Waals surface area (Å²) >= 11 is 1.49. The highest BCUT2D eigenvalue weighted by molar-refractivity contribution is 8.00. The first-order chi connectivity index (χ1) is 11.1. The lowest BCUT2D eigenvalue weighted by Gasteiger charge is -2.18. The van der Waals surface area contributed by atoms with Crippen LogP contribution in [0, 0.1) is 0 Å². The third-order valence-electron chi connectivity index (χ3n) is 3.38. The average Bonchev–Trinajstić information content (AvgIpc) is 2.56. The topological polar surface area (TPSA) is 46.5 Å². The van der Waals surface area contributed by atoms with Gasteiger partial charge in [0, 0.05) is 4.90 Å². The van der Waals surface area contributed by atoms with Crippen molar-refractivity contribution in [1.29, 1.82) is 0 Å². The summed E-state index contributed by atoms with van der Waals surface area (Å²) in [6.07, 6.45) is -0.257. The quantitative estimate of drug-likeness (QED) is 0.712. The minimum atomic E-state index is -0.649. The first-order valence-electron chi connectivity index (χ1n) is 7.67. The van der Waals surface area contributed by atoms with E-state index in [0.29, 0.717) is 13.0 Å². The van der Waals surface area contributed by atoms with Gasteiger partial charge in [0.05, 0.1) is 24.6 Å². The van der Waals surface area contributed by atoms with Crippen LogP contribution in [-0.4, -0.2) is 28.9 Å². The molecule has 0 aliphatic rings. The van der Waals surface area contributed by atoms with Gasteiger partial charge in [0.1, 0.15) is 5.78 Å². The highest BCUT2D eigenvalue weighted by Crippen LogP contribution is 2.26. The van der Waals surface area contributed by atoms with Gasteiger partial charge in [-0.2, -0.15) is 0 Å². The smallest absolute Gasteiger partial charge is 0.143 e. The van der Waals surface area contributed by atoms with Crippen molar-refractivity contribution >= 4 is 17.5 Å². The molecule has 122 valence electrons. The van der Waals surface area contributed by atoms with Gasteiger partial charge in [-0.15, -0.1) is 11.8 Å². The summed E-state index contributed by atoms with van der Waals surface area (Å²) in [6, 6.07) is 19.6. The minimum absolute atomic E-state index is 0.0703. The van der Waals surface area contributed by atoms with Gasteiger partial charge < -0.3 is 9.84 Å². The summed E-state index contributed by atoms with van der Waals surface area (Å²) in [5.41, 5.74) is 1.07. The van der Waals surface area contributed by atoms with Crippen LogP contribution >= 0.6 is 11.8 Å². The monoisotopic (exact) mass is 330 g/mol. The van der Waals surface area contributed by atoms with Crippen LogP contribution in [0.3, 0.4) is 0 Å². The van der Waals surface area contributed by atoms with Crippen LogP contribution in [0.25, 0.3) is 0 Å². The summed E-state index contributed by atoms with van der Waals surface area (Å²) in [4.78, 5) is 12.8. The van der Waals surface area contributed by atoms with Gasteiger partial charge in [0.25, 0.3) is 0 Å². The van der Waals surface area contributed by atoms with Crippen molar-refractivity contribution in [3.05, 3.63) is 66.2 Å². The normalized spacial score (nSPS) is 13.5. The minimum Gasteiger partial charge on any atom is -0.391 e. The number of ketones is 1. The van der Waals surface area contributed by atoms with Gasteiger partial charge in [0.2, 0.25) is 0 Å². The van der Waals surface area contributed by atoms with Crippen LogP contribution in [0.5, 0.6) is 0 Å². The van der Waals surface area contributed by atoms with Gasteiger partial charge >= 0.3 is 0 Å². The van der Waals surface area contributed by atoms with Crippen LogP contribution in [-0.2, 0) is 16.1 Å².